The standard InChI is InChI=1S/C28H34ClF2N3O3/c1-16(2)37-25-8-7-17(11-21(25)29)26(36)32-19(9-10-35)14-20-22(30)12-18(13-23(20)31)24-15-34(6)27(33-24)28(3,4)5/h7-8,11-13,15-16,19,35H,9-10,14H2,1-6H3,(H,32,36). The minimum Gasteiger partial charge on any atom is -0.489 e. The van der Waals surface area contributed by atoms with Crippen molar-refractivity contribution < 1.29 is 23.4 Å². The zero-order valence-corrected chi connectivity index (χ0v) is 22.8. The molecule has 6 nitrogen and oxygen atoms in total. The highest BCUT2D eigenvalue weighted by Gasteiger charge is 2.23. The first-order valence-corrected chi connectivity index (χ1v) is 12.6. The van der Waals surface area contributed by atoms with E-state index in [1.807, 2.05) is 46.2 Å². The molecule has 1 atom stereocenters. The second-order valence-electron chi connectivity index (χ2n) is 10.4. The largest absolute Gasteiger partial charge is 0.489 e. The van der Waals surface area contributed by atoms with E-state index in [-0.39, 0.29) is 47.1 Å². The fourth-order valence-electron chi connectivity index (χ4n) is 4.14. The molecule has 0 fully saturated rings. The van der Waals surface area contributed by atoms with Crippen molar-refractivity contribution in [2.75, 3.05) is 6.61 Å². The number of hydrogen-bond donors (Lipinski definition) is 2. The van der Waals surface area contributed by atoms with E-state index in [0.717, 1.165) is 5.82 Å². The first-order chi connectivity index (χ1) is 17.3. The molecule has 2 aromatic carbocycles. The van der Waals surface area contributed by atoms with Gasteiger partial charge in [-0.15, -0.1) is 0 Å². The van der Waals surface area contributed by atoms with Crippen LogP contribution < -0.4 is 10.1 Å². The average molecular weight is 534 g/mol. The highest BCUT2D eigenvalue weighted by molar-refractivity contribution is 6.32. The van der Waals surface area contributed by atoms with Crippen molar-refractivity contribution in [2.45, 2.75) is 65.0 Å². The predicted octanol–water partition coefficient (Wildman–Crippen LogP) is 5.83. The number of carbonyl (C=O) groups is 1. The van der Waals surface area contributed by atoms with E-state index in [1.165, 1.54) is 18.2 Å². The summed E-state index contributed by atoms with van der Waals surface area (Å²) in [5.74, 6) is -0.715. The van der Waals surface area contributed by atoms with E-state index in [1.54, 1.807) is 18.3 Å². The third-order valence-electron chi connectivity index (χ3n) is 5.80. The van der Waals surface area contributed by atoms with Gasteiger partial charge in [-0.25, -0.2) is 13.8 Å². The summed E-state index contributed by atoms with van der Waals surface area (Å²) in [6.45, 7) is 9.50. The van der Waals surface area contributed by atoms with E-state index in [0.29, 0.717) is 17.0 Å². The smallest absolute Gasteiger partial charge is 0.251 e. The predicted molar refractivity (Wildman–Crippen MR) is 141 cm³/mol. The third kappa shape index (κ3) is 7.08. The van der Waals surface area contributed by atoms with Gasteiger partial charge in [0.15, 0.2) is 0 Å². The van der Waals surface area contributed by atoms with Gasteiger partial charge in [0.2, 0.25) is 0 Å². The summed E-state index contributed by atoms with van der Waals surface area (Å²) in [5.41, 5.74) is 0.661. The van der Waals surface area contributed by atoms with Crippen molar-refractivity contribution in [1.29, 1.82) is 0 Å². The van der Waals surface area contributed by atoms with Crippen LogP contribution in [0, 0.1) is 11.6 Å². The Morgan fingerprint density at radius 2 is 1.84 bits per heavy atom. The molecule has 0 bridgehead atoms. The molecule has 1 aromatic heterocycles. The van der Waals surface area contributed by atoms with E-state index in [9.17, 15) is 9.90 Å². The summed E-state index contributed by atoms with van der Waals surface area (Å²) >= 11 is 6.24. The number of aliphatic hydroxyl groups is 1. The molecule has 9 heteroatoms. The van der Waals surface area contributed by atoms with Crippen LogP contribution in [0.15, 0.2) is 36.5 Å². The van der Waals surface area contributed by atoms with Crippen molar-refractivity contribution >= 4 is 17.5 Å². The van der Waals surface area contributed by atoms with Crippen LogP contribution in [-0.4, -0.2) is 39.3 Å². The van der Waals surface area contributed by atoms with Gasteiger partial charge in [0.1, 0.15) is 23.2 Å². The molecular weight excluding hydrogens is 500 g/mol. The number of aliphatic hydroxyl groups excluding tert-OH is 1. The number of amides is 1. The second kappa shape index (κ2) is 11.6. The molecule has 1 heterocycles. The Hall–Kier alpha value is -2.97. The zero-order valence-electron chi connectivity index (χ0n) is 22.0. The number of nitrogens with zero attached hydrogens (tertiary/aromatic N) is 2. The van der Waals surface area contributed by atoms with Crippen LogP contribution in [0.25, 0.3) is 11.3 Å². The van der Waals surface area contributed by atoms with Crippen molar-refractivity contribution in [3.63, 3.8) is 0 Å². The van der Waals surface area contributed by atoms with Gasteiger partial charge in [-0.1, -0.05) is 32.4 Å². The zero-order chi connectivity index (χ0) is 27.5. The van der Waals surface area contributed by atoms with Crippen molar-refractivity contribution in [3.05, 3.63) is 70.1 Å². The summed E-state index contributed by atoms with van der Waals surface area (Å²) in [7, 11) is 1.85. The number of carbonyl (C=O) groups excluding carboxylic acids is 1. The molecule has 1 amide bonds. The molecule has 3 rings (SSSR count). The number of hydrogen-bond acceptors (Lipinski definition) is 4. The van der Waals surface area contributed by atoms with Crippen LogP contribution in [-0.2, 0) is 18.9 Å². The third-order valence-corrected chi connectivity index (χ3v) is 6.10. The van der Waals surface area contributed by atoms with Gasteiger partial charge in [0.05, 0.1) is 16.8 Å². The number of benzene rings is 2. The fourth-order valence-corrected chi connectivity index (χ4v) is 4.36. The average Bonchev–Trinajstić information content (AvgIpc) is 3.19. The van der Waals surface area contributed by atoms with Crippen LogP contribution in [0.2, 0.25) is 5.02 Å². The van der Waals surface area contributed by atoms with Gasteiger partial charge in [-0.2, -0.15) is 0 Å². The van der Waals surface area contributed by atoms with Crippen LogP contribution in [0.3, 0.4) is 0 Å². The number of rotatable bonds is 9. The molecule has 3 aromatic rings. The highest BCUT2D eigenvalue weighted by atomic mass is 35.5. The second-order valence-corrected chi connectivity index (χ2v) is 10.8. The maximum atomic E-state index is 15.1. The van der Waals surface area contributed by atoms with Crippen molar-refractivity contribution in [3.8, 4) is 17.0 Å². The lowest BCUT2D eigenvalue weighted by Gasteiger charge is -2.19. The molecule has 1 unspecified atom stereocenters. The van der Waals surface area contributed by atoms with Crippen LogP contribution in [0.5, 0.6) is 5.75 Å². The lowest BCUT2D eigenvalue weighted by Crippen LogP contribution is -2.37. The number of imidazole rings is 1. The van der Waals surface area contributed by atoms with Gasteiger partial charge < -0.3 is 19.7 Å². The van der Waals surface area contributed by atoms with E-state index < -0.39 is 23.6 Å². The van der Waals surface area contributed by atoms with Crippen molar-refractivity contribution in [1.82, 2.24) is 14.9 Å². The number of aryl methyl sites for hydroxylation is 1. The molecule has 0 spiro atoms. The van der Waals surface area contributed by atoms with Gasteiger partial charge in [-0.05, 0) is 57.0 Å². The van der Waals surface area contributed by atoms with Crippen molar-refractivity contribution in [2.24, 2.45) is 7.05 Å². The van der Waals surface area contributed by atoms with Gasteiger partial charge in [0.25, 0.3) is 5.91 Å². The molecule has 0 saturated heterocycles. The molecule has 0 aliphatic heterocycles. The van der Waals surface area contributed by atoms with Gasteiger partial charge in [0, 0.05) is 48.0 Å². The maximum absolute atomic E-state index is 15.1. The Morgan fingerprint density at radius 1 is 1.19 bits per heavy atom. The van der Waals surface area contributed by atoms with Gasteiger partial charge in [-0.3, -0.25) is 4.79 Å². The molecule has 2 N–H and O–H groups in total. The van der Waals surface area contributed by atoms with Crippen LogP contribution in [0.1, 0.15) is 62.8 Å². The maximum Gasteiger partial charge on any atom is 0.251 e. The lowest BCUT2D eigenvalue weighted by molar-refractivity contribution is 0.0929. The molecular formula is C28H34ClF2N3O3. The first-order valence-electron chi connectivity index (χ1n) is 12.2. The van der Waals surface area contributed by atoms with Crippen LogP contribution >= 0.6 is 11.6 Å². The number of halogens is 3. The summed E-state index contributed by atoms with van der Waals surface area (Å²) in [6, 6.07) is 6.42. The summed E-state index contributed by atoms with van der Waals surface area (Å²) in [4.78, 5) is 17.4. The molecule has 0 aliphatic carbocycles. The molecule has 0 radical (unpaired) electrons. The van der Waals surface area contributed by atoms with Gasteiger partial charge >= 0.3 is 0 Å². The molecule has 0 saturated carbocycles. The summed E-state index contributed by atoms with van der Waals surface area (Å²) in [6.07, 6.45) is 1.64. The first kappa shape index (κ1) is 28.6. The SMILES string of the molecule is CC(C)Oc1ccc(C(=O)NC(CCO)Cc2c(F)cc(-c3cn(C)c(C(C)(C)C)n3)cc2F)cc1Cl. The van der Waals surface area contributed by atoms with E-state index >= 15 is 8.78 Å². The van der Waals surface area contributed by atoms with Crippen LogP contribution in [0.4, 0.5) is 8.78 Å². The molecule has 37 heavy (non-hydrogen) atoms. The Labute approximate surface area is 221 Å². The molecule has 0 aliphatic rings. The number of aromatic nitrogens is 2. The Balaban J connectivity index is 1.81. The fraction of sp³-hybridized carbons (Fsp3) is 0.429. The monoisotopic (exact) mass is 533 g/mol. The topological polar surface area (TPSA) is 76.4 Å². The molecule has 200 valence electrons. The number of ether oxygens (including phenoxy) is 1. The van der Waals surface area contributed by atoms with E-state index in [2.05, 4.69) is 10.3 Å². The summed E-state index contributed by atoms with van der Waals surface area (Å²) in [5, 5.41) is 12.5. The Kier molecular flexibility index (Phi) is 8.97. The normalized spacial score (nSPS) is 12.6. The number of nitrogens with one attached hydrogen (secondary N) is 1. The minimum absolute atomic E-state index is 0.0829. The Morgan fingerprint density at radius 3 is 2.35 bits per heavy atom. The van der Waals surface area contributed by atoms with E-state index in [4.69, 9.17) is 16.3 Å². The summed E-state index contributed by atoms with van der Waals surface area (Å²) < 4.78 is 37.7. The lowest BCUT2D eigenvalue weighted by atomic mass is 9.96. The Bertz CT molecular complexity index is 1250. The minimum atomic E-state index is -0.742. The quantitative estimate of drug-likeness (QED) is 0.363. The highest BCUT2D eigenvalue weighted by Crippen LogP contribution is 2.29.